The molecule has 0 aliphatic carbocycles. The molecule has 5 nitrogen and oxygen atoms in total. The van der Waals surface area contributed by atoms with E-state index in [1.54, 1.807) is 35.6 Å². The zero-order valence-electron chi connectivity index (χ0n) is 11.7. The Labute approximate surface area is 128 Å². The molecule has 0 spiro atoms. The molecule has 1 aromatic carbocycles. The SMILES string of the molecule is Cc1nc(CCNS(=O)(=O)c2ccc(CCO)cc2)cs1. The van der Waals surface area contributed by atoms with Gasteiger partial charge >= 0.3 is 0 Å². The van der Waals surface area contributed by atoms with Crippen LogP contribution in [0.4, 0.5) is 0 Å². The first kappa shape index (κ1) is 16.1. The fraction of sp³-hybridized carbons (Fsp3) is 0.357. The summed E-state index contributed by atoms with van der Waals surface area (Å²) in [4.78, 5) is 4.53. The van der Waals surface area contributed by atoms with E-state index in [2.05, 4.69) is 9.71 Å². The van der Waals surface area contributed by atoms with E-state index in [0.29, 0.717) is 19.4 Å². The topological polar surface area (TPSA) is 79.3 Å². The van der Waals surface area contributed by atoms with E-state index < -0.39 is 10.0 Å². The lowest BCUT2D eigenvalue weighted by Gasteiger charge is -2.07. The van der Waals surface area contributed by atoms with Gasteiger partial charge in [-0.1, -0.05) is 12.1 Å². The first-order chi connectivity index (χ1) is 10.0. The number of thiazole rings is 1. The standard InChI is InChI=1S/C14H18N2O3S2/c1-11-16-13(10-20-11)6-8-15-21(18,19)14-4-2-12(3-5-14)7-9-17/h2-5,10,15,17H,6-9H2,1H3. The highest BCUT2D eigenvalue weighted by atomic mass is 32.2. The highest BCUT2D eigenvalue weighted by Gasteiger charge is 2.13. The Kier molecular flexibility index (Phi) is 5.46. The lowest BCUT2D eigenvalue weighted by Crippen LogP contribution is -2.26. The Morgan fingerprint density at radius 2 is 1.95 bits per heavy atom. The number of benzene rings is 1. The number of aryl methyl sites for hydroxylation is 1. The summed E-state index contributed by atoms with van der Waals surface area (Å²) >= 11 is 1.56. The molecule has 0 fully saturated rings. The normalized spacial score (nSPS) is 11.7. The maximum atomic E-state index is 12.1. The Balaban J connectivity index is 1.94. The van der Waals surface area contributed by atoms with Gasteiger partial charge in [-0.25, -0.2) is 18.1 Å². The van der Waals surface area contributed by atoms with Gasteiger partial charge in [0.15, 0.2) is 0 Å². The van der Waals surface area contributed by atoms with Gasteiger partial charge in [-0.3, -0.25) is 0 Å². The summed E-state index contributed by atoms with van der Waals surface area (Å²) in [5.41, 5.74) is 1.81. The smallest absolute Gasteiger partial charge is 0.240 e. The van der Waals surface area contributed by atoms with Crippen molar-refractivity contribution in [1.29, 1.82) is 0 Å². The zero-order valence-corrected chi connectivity index (χ0v) is 13.4. The number of aliphatic hydroxyl groups excluding tert-OH is 1. The summed E-state index contributed by atoms with van der Waals surface area (Å²) in [6.07, 6.45) is 1.10. The molecular formula is C14H18N2O3S2. The number of sulfonamides is 1. The van der Waals surface area contributed by atoms with Gasteiger partial charge in [0.05, 0.1) is 15.6 Å². The lowest BCUT2D eigenvalue weighted by molar-refractivity contribution is 0.299. The summed E-state index contributed by atoms with van der Waals surface area (Å²) in [6, 6.07) is 6.55. The fourth-order valence-corrected chi connectivity index (χ4v) is 3.56. The third-order valence-electron chi connectivity index (χ3n) is 2.97. The first-order valence-electron chi connectivity index (χ1n) is 6.62. The van der Waals surface area contributed by atoms with Crippen molar-refractivity contribution in [3.63, 3.8) is 0 Å². The van der Waals surface area contributed by atoms with E-state index in [4.69, 9.17) is 5.11 Å². The maximum absolute atomic E-state index is 12.1. The Morgan fingerprint density at radius 3 is 2.52 bits per heavy atom. The van der Waals surface area contributed by atoms with Crippen LogP contribution in [0.5, 0.6) is 0 Å². The summed E-state index contributed by atoms with van der Waals surface area (Å²) in [5, 5.41) is 11.8. The van der Waals surface area contributed by atoms with Crippen molar-refractivity contribution in [2.75, 3.05) is 13.2 Å². The molecule has 0 radical (unpaired) electrons. The van der Waals surface area contributed by atoms with E-state index in [1.807, 2.05) is 12.3 Å². The first-order valence-corrected chi connectivity index (χ1v) is 8.98. The molecule has 1 aromatic heterocycles. The van der Waals surface area contributed by atoms with E-state index in [9.17, 15) is 8.42 Å². The summed E-state index contributed by atoms with van der Waals surface area (Å²) < 4.78 is 26.8. The number of hydrogen-bond acceptors (Lipinski definition) is 5. The Bertz CT molecular complexity index is 678. The van der Waals surface area contributed by atoms with Gasteiger partial charge in [-0.15, -0.1) is 11.3 Å². The molecule has 0 amide bonds. The van der Waals surface area contributed by atoms with Crippen molar-refractivity contribution >= 4 is 21.4 Å². The molecule has 0 aliphatic rings. The molecule has 114 valence electrons. The molecule has 1 heterocycles. The molecule has 0 atom stereocenters. The molecular weight excluding hydrogens is 308 g/mol. The minimum absolute atomic E-state index is 0.0530. The molecule has 2 N–H and O–H groups in total. The van der Waals surface area contributed by atoms with Crippen molar-refractivity contribution in [1.82, 2.24) is 9.71 Å². The number of nitrogens with one attached hydrogen (secondary N) is 1. The Hall–Kier alpha value is -1.28. The third-order valence-corrected chi connectivity index (χ3v) is 5.27. The molecule has 2 rings (SSSR count). The fourth-order valence-electron chi connectivity index (χ4n) is 1.88. The van der Waals surface area contributed by atoms with Crippen LogP contribution in [0.15, 0.2) is 34.5 Å². The Morgan fingerprint density at radius 1 is 1.24 bits per heavy atom. The van der Waals surface area contributed by atoms with Gasteiger partial charge in [-0.2, -0.15) is 0 Å². The number of hydrogen-bond donors (Lipinski definition) is 2. The van der Waals surface area contributed by atoms with Crippen LogP contribution in [0.1, 0.15) is 16.3 Å². The summed E-state index contributed by atoms with van der Waals surface area (Å²) in [5.74, 6) is 0. The van der Waals surface area contributed by atoms with Gasteiger partial charge in [-0.05, 0) is 31.0 Å². The summed E-state index contributed by atoms with van der Waals surface area (Å²) in [7, 11) is -3.49. The largest absolute Gasteiger partial charge is 0.396 e. The molecule has 0 unspecified atom stereocenters. The predicted molar refractivity (Wildman–Crippen MR) is 83.0 cm³/mol. The average molecular weight is 326 g/mol. The quantitative estimate of drug-likeness (QED) is 0.808. The number of rotatable bonds is 7. The lowest BCUT2D eigenvalue weighted by atomic mass is 10.2. The van der Waals surface area contributed by atoms with Crippen LogP contribution in [0.25, 0.3) is 0 Å². The van der Waals surface area contributed by atoms with Gasteiger partial charge in [0.1, 0.15) is 0 Å². The molecule has 0 saturated carbocycles. The monoisotopic (exact) mass is 326 g/mol. The van der Waals surface area contributed by atoms with E-state index in [-0.39, 0.29) is 11.5 Å². The average Bonchev–Trinajstić information content (AvgIpc) is 2.85. The van der Waals surface area contributed by atoms with Crippen LogP contribution < -0.4 is 4.72 Å². The predicted octanol–water partition coefficient (Wildman–Crippen LogP) is 1.51. The van der Waals surface area contributed by atoms with E-state index >= 15 is 0 Å². The van der Waals surface area contributed by atoms with Crippen molar-refractivity contribution in [3.05, 3.63) is 45.9 Å². The number of aromatic nitrogens is 1. The van der Waals surface area contributed by atoms with Crippen LogP contribution in [0, 0.1) is 6.92 Å². The third kappa shape index (κ3) is 4.60. The summed E-state index contributed by atoms with van der Waals surface area (Å²) in [6.45, 7) is 2.30. The van der Waals surface area contributed by atoms with Crippen LogP contribution in [-0.4, -0.2) is 31.7 Å². The van der Waals surface area contributed by atoms with Crippen LogP contribution in [0.2, 0.25) is 0 Å². The molecule has 0 bridgehead atoms. The van der Waals surface area contributed by atoms with Gasteiger partial charge in [0.2, 0.25) is 10.0 Å². The van der Waals surface area contributed by atoms with Gasteiger partial charge in [0.25, 0.3) is 0 Å². The second-order valence-electron chi connectivity index (χ2n) is 4.62. The number of aliphatic hydroxyl groups is 1. The van der Waals surface area contributed by atoms with Gasteiger partial charge < -0.3 is 5.11 Å². The second kappa shape index (κ2) is 7.13. The zero-order chi connectivity index (χ0) is 15.3. The van der Waals surface area contributed by atoms with Crippen LogP contribution >= 0.6 is 11.3 Å². The second-order valence-corrected chi connectivity index (χ2v) is 7.45. The molecule has 0 saturated heterocycles. The van der Waals surface area contributed by atoms with Crippen molar-refractivity contribution in [3.8, 4) is 0 Å². The van der Waals surface area contributed by atoms with Crippen molar-refractivity contribution in [2.45, 2.75) is 24.7 Å². The molecule has 21 heavy (non-hydrogen) atoms. The van der Waals surface area contributed by atoms with Crippen LogP contribution in [0.3, 0.4) is 0 Å². The van der Waals surface area contributed by atoms with Crippen molar-refractivity contribution < 1.29 is 13.5 Å². The maximum Gasteiger partial charge on any atom is 0.240 e. The molecule has 0 aliphatic heterocycles. The van der Waals surface area contributed by atoms with Crippen molar-refractivity contribution in [2.24, 2.45) is 0 Å². The van der Waals surface area contributed by atoms with Crippen LogP contribution in [-0.2, 0) is 22.9 Å². The minimum atomic E-state index is -3.49. The highest BCUT2D eigenvalue weighted by Crippen LogP contribution is 2.12. The highest BCUT2D eigenvalue weighted by molar-refractivity contribution is 7.89. The van der Waals surface area contributed by atoms with Gasteiger partial charge in [0, 0.05) is 25.0 Å². The molecule has 2 aromatic rings. The van der Waals surface area contributed by atoms with E-state index in [0.717, 1.165) is 16.3 Å². The molecule has 7 heteroatoms. The van der Waals surface area contributed by atoms with E-state index in [1.165, 1.54) is 0 Å². The number of nitrogens with zero attached hydrogens (tertiary/aromatic N) is 1. The minimum Gasteiger partial charge on any atom is -0.396 e.